The van der Waals surface area contributed by atoms with Gasteiger partial charge in [-0.3, -0.25) is 4.90 Å². The molecule has 2 aromatic carbocycles. The summed E-state index contributed by atoms with van der Waals surface area (Å²) in [6, 6.07) is 13.4. The fourth-order valence-electron chi connectivity index (χ4n) is 3.90. The highest BCUT2D eigenvalue weighted by Crippen LogP contribution is 2.35. The van der Waals surface area contributed by atoms with E-state index in [1.807, 2.05) is 12.1 Å². The molecule has 0 atom stereocenters. The predicted octanol–water partition coefficient (Wildman–Crippen LogP) is 6.39. The Morgan fingerprint density at radius 1 is 1.06 bits per heavy atom. The van der Waals surface area contributed by atoms with Crippen LogP contribution in [-0.2, 0) is 13.1 Å². The van der Waals surface area contributed by atoms with Gasteiger partial charge < -0.3 is 20.1 Å². The van der Waals surface area contributed by atoms with E-state index in [9.17, 15) is 18.0 Å². The van der Waals surface area contributed by atoms with Gasteiger partial charge in [0, 0.05) is 37.1 Å². The molecule has 0 saturated heterocycles. The third-order valence-corrected chi connectivity index (χ3v) is 5.20. The van der Waals surface area contributed by atoms with Crippen molar-refractivity contribution in [3.05, 3.63) is 71.9 Å². The number of ether oxygens (including phenoxy) is 2. The maximum atomic E-state index is 12.5. The number of hydrogen-bond acceptors (Lipinski definition) is 5. The van der Waals surface area contributed by atoms with Crippen LogP contribution in [0.3, 0.4) is 0 Å². The summed E-state index contributed by atoms with van der Waals surface area (Å²) < 4.78 is 46.9. The Morgan fingerprint density at radius 3 is 2.54 bits per heavy atom. The molecule has 2 amide bonds. The smallest absolute Gasteiger partial charge is 0.437 e. The maximum absolute atomic E-state index is 12.5. The summed E-state index contributed by atoms with van der Waals surface area (Å²) in [5.41, 5.74) is 2.92. The van der Waals surface area contributed by atoms with Gasteiger partial charge in [-0.1, -0.05) is 26.0 Å². The van der Waals surface area contributed by atoms with E-state index in [2.05, 4.69) is 45.2 Å². The second-order valence-corrected chi connectivity index (χ2v) is 8.57. The zero-order valence-electron chi connectivity index (χ0n) is 19.2. The zero-order valence-corrected chi connectivity index (χ0v) is 19.2. The van der Waals surface area contributed by atoms with Crippen molar-refractivity contribution < 1.29 is 27.4 Å². The normalized spacial score (nSPS) is 13.4. The molecule has 0 bridgehead atoms. The number of nitrogens with zero attached hydrogens (tertiary/aromatic N) is 2. The van der Waals surface area contributed by atoms with Crippen LogP contribution in [0.25, 0.3) is 0 Å². The van der Waals surface area contributed by atoms with Gasteiger partial charge in [0.25, 0.3) is 0 Å². The van der Waals surface area contributed by atoms with E-state index in [1.54, 1.807) is 18.3 Å². The van der Waals surface area contributed by atoms with Crippen molar-refractivity contribution >= 4 is 17.4 Å². The highest BCUT2D eigenvalue weighted by atomic mass is 19.4. The molecule has 0 aliphatic carbocycles. The number of urea groups is 1. The van der Waals surface area contributed by atoms with Crippen LogP contribution in [0, 0.1) is 5.92 Å². The number of halogens is 3. The lowest BCUT2D eigenvalue weighted by Crippen LogP contribution is -2.21. The Hall–Kier alpha value is -3.79. The first-order valence-electron chi connectivity index (χ1n) is 11.1. The third-order valence-electron chi connectivity index (χ3n) is 5.20. The van der Waals surface area contributed by atoms with Gasteiger partial charge in [0.05, 0.1) is 0 Å². The van der Waals surface area contributed by atoms with Crippen LogP contribution in [0.4, 0.5) is 29.3 Å². The Kier molecular flexibility index (Phi) is 7.11. The number of pyridine rings is 1. The number of rotatable bonds is 7. The largest absolute Gasteiger partial charge is 0.573 e. The van der Waals surface area contributed by atoms with Crippen LogP contribution in [0.1, 0.15) is 25.0 Å². The summed E-state index contributed by atoms with van der Waals surface area (Å²) in [6.07, 6.45) is -3.22. The van der Waals surface area contributed by atoms with Crippen LogP contribution in [0.5, 0.6) is 17.4 Å². The number of carbonyl (C=O) groups is 1. The van der Waals surface area contributed by atoms with Gasteiger partial charge in [-0.2, -0.15) is 0 Å². The third kappa shape index (κ3) is 6.63. The van der Waals surface area contributed by atoms with Crippen molar-refractivity contribution in [2.75, 3.05) is 17.2 Å². The second kappa shape index (κ2) is 10.2. The van der Waals surface area contributed by atoms with Gasteiger partial charge in [-0.15, -0.1) is 13.2 Å². The Balaban J connectivity index is 1.43. The van der Waals surface area contributed by atoms with Crippen molar-refractivity contribution in [1.29, 1.82) is 0 Å². The summed E-state index contributed by atoms with van der Waals surface area (Å²) in [7, 11) is 0. The second-order valence-electron chi connectivity index (χ2n) is 8.57. The van der Waals surface area contributed by atoms with E-state index in [0.717, 1.165) is 37.3 Å². The van der Waals surface area contributed by atoms with Gasteiger partial charge in [0.15, 0.2) is 0 Å². The van der Waals surface area contributed by atoms with Crippen LogP contribution < -0.4 is 20.1 Å². The summed E-state index contributed by atoms with van der Waals surface area (Å²) in [6.45, 7) is 6.97. The summed E-state index contributed by atoms with van der Waals surface area (Å²) in [5.74, 6) is 1.07. The molecule has 0 spiro atoms. The van der Waals surface area contributed by atoms with E-state index in [0.29, 0.717) is 17.4 Å². The summed E-state index contributed by atoms with van der Waals surface area (Å²) in [4.78, 5) is 19.1. The molecule has 0 saturated carbocycles. The molecule has 4 rings (SSSR count). The van der Waals surface area contributed by atoms with Gasteiger partial charge in [0.2, 0.25) is 5.88 Å². The van der Waals surface area contributed by atoms with E-state index < -0.39 is 12.4 Å². The Bertz CT molecular complexity index is 1180. The number of nitrogens with one attached hydrogen (secondary N) is 2. The molecule has 35 heavy (non-hydrogen) atoms. The van der Waals surface area contributed by atoms with Crippen LogP contribution >= 0.6 is 0 Å². The first kappa shape index (κ1) is 24.3. The fourth-order valence-corrected chi connectivity index (χ4v) is 3.90. The average molecular weight is 486 g/mol. The van der Waals surface area contributed by atoms with Gasteiger partial charge in [-0.25, -0.2) is 9.78 Å². The molecule has 10 heteroatoms. The number of benzene rings is 2. The monoisotopic (exact) mass is 486 g/mol. The van der Waals surface area contributed by atoms with Crippen molar-refractivity contribution in [2.24, 2.45) is 5.92 Å². The average Bonchev–Trinajstić information content (AvgIpc) is 3.18. The molecule has 1 aliphatic rings. The molecule has 7 nitrogen and oxygen atoms in total. The molecule has 2 heterocycles. The topological polar surface area (TPSA) is 75.7 Å². The Labute approximate surface area is 200 Å². The molecular weight excluding hydrogens is 461 g/mol. The first-order valence-corrected chi connectivity index (χ1v) is 11.1. The highest BCUT2D eigenvalue weighted by molar-refractivity contribution is 6.00. The SMILES string of the molecule is CC(C)CN1Cc2cccc(Oc3ncccc3NC(=O)Nc3ccc(OC(F)(F)F)cc3)c2C1. The number of aromatic nitrogens is 1. The molecule has 1 aliphatic heterocycles. The molecule has 0 fully saturated rings. The van der Waals surface area contributed by atoms with Crippen LogP contribution in [0.2, 0.25) is 0 Å². The van der Waals surface area contributed by atoms with Crippen LogP contribution in [-0.4, -0.2) is 28.8 Å². The summed E-state index contributed by atoms with van der Waals surface area (Å²) in [5, 5.41) is 5.24. The minimum atomic E-state index is -4.78. The minimum absolute atomic E-state index is 0.229. The number of hydrogen-bond donors (Lipinski definition) is 2. The predicted molar refractivity (Wildman–Crippen MR) is 125 cm³/mol. The van der Waals surface area contributed by atoms with Gasteiger partial charge in [0.1, 0.15) is 17.2 Å². The number of carbonyl (C=O) groups excluding carboxylic acids is 1. The molecular formula is C25H25F3N4O3. The highest BCUT2D eigenvalue weighted by Gasteiger charge is 2.31. The molecule has 2 N–H and O–H groups in total. The molecule has 3 aromatic rings. The van der Waals surface area contributed by atoms with Gasteiger partial charge >= 0.3 is 12.4 Å². The van der Waals surface area contributed by atoms with E-state index in [1.165, 1.54) is 17.7 Å². The quantitative estimate of drug-likeness (QED) is 0.405. The van der Waals surface area contributed by atoms with E-state index in [-0.39, 0.29) is 17.3 Å². The van der Waals surface area contributed by atoms with Crippen molar-refractivity contribution in [3.63, 3.8) is 0 Å². The number of anilines is 2. The van der Waals surface area contributed by atoms with Crippen LogP contribution in [0.15, 0.2) is 60.8 Å². The zero-order chi connectivity index (χ0) is 25.0. The fraction of sp³-hybridized carbons (Fsp3) is 0.280. The lowest BCUT2D eigenvalue weighted by molar-refractivity contribution is -0.274. The molecule has 1 aromatic heterocycles. The summed E-state index contributed by atoms with van der Waals surface area (Å²) >= 11 is 0. The Morgan fingerprint density at radius 2 is 1.83 bits per heavy atom. The number of fused-ring (bicyclic) bond motifs is 1. The number of amides is 2. The van der Waals surface area contributed by atoms with Crippen molar-refractivity contribution in [2.45, 2.75) is 33.3 Å². The van der Waals surface area contributed by atoms with Crippen molar-refractivity contribution in [3.8, 4) is 17.4 Å². The van der Waals surface area contributed by atoms with Crippen molar-refractivity contribution in [1.82, 2.24) is 9.88 Å². The lowest BCUT2D eigenvalue weighted by atomic mass is 10.1. The number of alkyl halides is 3. The van der Waals surface area contributed by atoms with E-state index in [4.69, 9.17) is 4.74 Å². The molecule has 0 unspecified atom stereocenters. The van der Waals surface area contributed by atoms with E-state index >= 15 is 0 Å². The minimum Gasteiger partial charge on any atom is -0.437 e. The lowest BCUT2D eigenvalue weighted by Gasteiger charge is -2.17. The standard InChI is InChI=1S/C25H25F3N4O3/c1-16(2)13-32-14-17-5-3-7-22(20(17)15-32)34-23-21(6-4-12-29-23)31-24(33)30-18-8-10-19(11-9-18)35-25(26,27)28/h3-12,16H,13-15H2,1-2H3,(H2,30,31,33). The maximum Gasteiger partial charge on any atom is 0.573 e. The first-order chi connectivity index (χ1) is 16.7. The molecule has 0 radical (unpaired) electrons. The molecule has 184 valence electrons. The van der Waals surface area contributed by atoms with Gasteiger partial charge in [-0.05, 0) is 53.9 Å².